The molecule has 0 bridgehead atoms. The summed E-state index contributed by atoms with van der Waals surface area (Å²) in [4.78, 5) is 12.0. The van der Waals surface area contributed by atoms with E-state index < -0.39 is 17.3 Å². The summed E-state index contributed by atoms with van der Waals surface area (Å²) in [6.07, 6.45) is 4.32. The third kappa shape index (κ3) is 6.03. The van der Waals surface area contributed by atoms with Crippen LogP contribution < -0.4 is 10.6 Å². The summed E-state index contributed by atoms with van der Waals surface area (Å²) in [5.74, 6) is 0.936. The van der Waals surface area contributed by atoms with Gasteiger partial charge in [0, 0.05) is 32.0 Å². The van der Waals surface area contributed by atoms with E-state index in [0.717, 1.165) is 17.7 Å². The van der Waals surface area contributed by atoms with E-state index in [1.54, 1.807) is 19.5 Å². The summed E-state index contributed by atoms with van der Waals surface area (Å²) < 4.78 is 50.5. The van der Waals surface area contributed by atoms with E-state index in [1.807, 2.05) is 0 Å². The van der Waals surface area contributed by atoms with Gasteiger partial charge < -0.3 is 15.3 Å². The number of hydrazone groups is 1. The number of ether oxygens (including phenoxy) is 2. The maximum Gasteiger partial charge on any atom is 0.316 e. The lowest BCUT2D eigenvalue weighted by atomic mass is 10.1. The van der Waals surface area contributed by atoms with Crippen molar-refractivity contribution in [2.45, 2.75) is 19.5 Å². The molecule has 0 radical (unpaired) electrons. The molecular formula is C17H18F3N5O2. The van der Waals surface area contributed by atoms with Crippen LogP contribution in [0.25, 0.3) is 0 Å². The highest BCUT2D eigenvalue weighted by Gasteiger charge is 2.28. The van der Waals surface area contributed by atoms with Gasteiger partial charge in [0.1, 0.15) is 18.1 Å². The first-order valence-corrected chi connectivity index (χ1v) is 7.75. The molecule has 7 nitrogen and oxygen atoms in total. The SMILES string of the molecule is COCc1cnc(OCC(C=Nc2ccc(F)c(C(C)(F)F)c2)=NN)nc1. The zero-order valence-electron chi connectivity index (χ0n) is 14.7. The number of rotatable bonds is 8. The molecule has 0 aliphatic rings. The molecule has 144 valence electrons. The summed E-state index contributed by atoms with van der Waals surface area (Å²) in [6, 6.07) is 3.23. The van der Waals surface area contributed by atoms with Crippen LogP contribution in [0.5, 0.6) is 6.01 Å². The van der Waals surface area contributed by atoms with Gasteiger partial charge in [-0.1, -0.05) is 0 Å². The normalized spacial score (nSPS) is 12.6. The maximum atomic E-state index is 13.5. The third-order valence-corrected chi connectivity index (χ3v) is 3.29. The summed E-state index contributed by atoms with van der Waals surface area (Å²) in [5.41, 5.74) is 0.353. The second-order valence-corrected chi connectivity index (χ2v) is 5.53. The lowest BCUT2D eigenvalue weighted by Crippen LogP contribution is -2.16. The van der Waals surface area contributed by atoms with Gasteiger partial charge in [-0.15, -0.1) is 0 Å². The minimum Gasteiger partial charge on any atom is -0.457 e. The van der Waals surface area contributed by atoms with E-state index in [1.165, 1.54) is 12.3 Å². The summed E-state index contributed by atoms with van der Waals surface area (Å²) in [6.45, 7) is 0.887. The Morgan fingerprint density at radius 2 is 2.00 bits per heavy atom. The van der Waals surface area contributed by atoms with Gasteiger partial charge in [0.25, 0.3) is 5.92 Å². The molecule has 0 fully saturated rings. The molecule has 0 atom stereocenters. The van der Waals surface area contributed by atoms with Gasteiger partial charge in [-0.25, -0.2) is 23.1 Å². The van der Waals surface area contributed by atoms with Crippen LogP contribution in [-0.2, 0) is 17.3 Å². The van der Waals surface area contributed by atoms with Crippen LogP contribution in [0.4, 0.5) is 18.9 Å². The van der Waals surface area contributed by atoms with Crippen molar-refractivity contribution in [2.75, 3.05) is 13.7 Å². The monoisotopic (exact) mass is 381 g/mol. The highest BCUT2D eigenvalue weighted by molar-refractivity contribution is 6.31. The Labute approximate surface area is 153 Å². The second kappa shape index (κ2) is 9.08. The second-order valence-electron chi connectivity index (χ2n) is 5.53. The molecule has 27 heavy (non-hydrogen) atoms. The average Bonchev–Trinajstić information content (AvgIpc) is 2.63. The van der Waals surface area contributed by atoms with Crippen LogP contribution in [-0.4, -0.2) is 35.6 Å². The van der Waals surface area contributed by atoms with Gasteiger partial charge in [-0.3, -0.25) is 4.99 Å². The van der Waals surface area contributed by atoms with E-state index in [9.17, 15) is 13.2 Å². The fourth-order valence-electron chi connectivity index (χ4n) is 1.98. The Bertz CT molecular complexity index is 820. The molecule has 2 aromatic rings. The molecule has 1 aromatic heterocycles. The number of nitrogens with zero attached hydrogens (tertiary/aromatic N) is 4. The maximum absolute atomic E-state index is 13.5. The van der Waals surface area contributed by atoms with Crippen molar-refractivity contribution in [3.63, 3.8) is 0 Å². The Morgan fingerprint density at radius 3 is 2.59 bits per heavy atom. The molecule has 1 aromatic carbocycles. The molecule has 0 spiro atoms. The first-order valence-electron chi connectivity index (χ1n) is 7.75. The molecule has 1 heterocycles. The highest BCUT2D eigenvalue weighted by atomic mass is 19.3. The number of hydrogen-bond donors (Lipinski definition) is 1. The van der Waals surface area contributed by atoms with Gasteiger partial charge in [-0.05, 0) is 18.2 Å². The molecule has 0 saturated heterocycles. The van der Waals surface area contributed by atoms with Crippen molar-refractivity contribution in [1.82, 2.24) is 9.97 Å². The molecule has 0 aliphatic heterocycles. The molecule has 10 heteroatoms. The van der Waals surface area contributed by atoms with Gasteiger partial charge in [0.15, 0.2) is 0 Å². The van der Waals surface area contributed by atoms with Crippen LogP contribution in [0.2, 0.25) is 0 Å². The van der Waals surface area contributed by atoms with Gasteiger partial charge in [0.05, 0.1) is 24.1 Å². The minimum absolute atomic E-state index is 0.0956. The topological polar surface area (TPSA) is 95.0 Å². The number of aliphatic imine (C=N–C) groups is 1. The standard InChI is InChI=1S/C17H18F3N5O2/c1-17(19,20)14-5-12(3-4-15(14)18)22-8-13(25-21)10-27-16-23-6-11(7-24-16)9-26-2/h3-8H,9-10,21H2,1-2H3. The van der Waals surface area contributed by atoms with Gasteiger partial charge in [0.2, 0.25) is 0 Å². The summed E-state index contributed by atoms with van der Waals surface area (Å²) in [7, 11) is 1.56. The van der Waals surface area contributed by atoms with Crippen LogP contribution in [0.1, 0.15) is 18.1 Å². The zero-order valence-corrected chi connectivity index (χ0v) is 14.7. The lowest BCUT2D eigenvalue weighted by Gasteiger charge is -2.11. The first-order chi connectivity index (χ1) is 12.8. The van der Waals surface area contributed by atoms with Crippen molar-refractivity contribution in [3.05, 3.63) is 47.5 Å². The molecule has 2 N–H and O–H groups in total. The van der Waals surface area contributed by atoms with Crippen LogP contribution in [0.15, 0.2) is 40.7 Å². The van der Waals surface area contributed by atoms with E-state index in [4.69, 9.17) is 15.3 Å². The Kier molecular flexibility index (Phi) is 6.83. The molecule has 0 amide bonds. The molecular weight excluding hydrogens is 363 g/mol. The van der Waals surface area contributed by atoms with E-state index in [0.29, 0.717) is 13.5 Å². The lowest BCUT2D eigenvalue weighted by molar-refractivity contribution is 0.0138. The number of benzene rings is 1. The highest BCUT2D eigenvalue weighted by Crippen LogP contribution is 2.31. The van der Waals surface area contributed by atoms with Gasteiger partial charge >= 0.3 is 6.01 Å². The van der Waals surface area contributed by atoms with Crippen molar-refractivity contribution in [2.24, 2.45) is 15.9 Å². The van der Waals surface area contributed by atoms with Gasteiger partial charge in [-0.2, -0.15) is 5.10 Å². The average molecular weight is 381 g/mol. The fourth-order valence-corrected chi connectivity index (χ4v) is 1.98. The van der Waals surface area contributed by atoms with Crippen molar-refractivity contribution in [3.8, 4) is 6.01 Å². The Balaban J connectivity index is 2.02. The largest absolute Gasteiger partial charge is 0.457 e. The number of aromatic nitrogens is 2. The molecule has 0 aliphatic carbocycles. The number of alkyl halides is 2. The third-order valence-electron chi connectivity index (χ3n) is 3.29. The van der Waals surface area contributed by atoms with Crippen molar-refractivity contribution >= 4 is 17.6 Å². The Hall–Kier alpha value is -3.01. The molecule has 0 saturated carbocycles. The van der Waals surface area contributed by atoms with Crippen molar-refractivity contribution < 1.29 is 22.6 Å². The van der Waals surface area contributed by atoms with Crippen LogP contribution in [0, 0.1) is 5.82 Å². The number of hydrogen-bond acceptors (Lipinski definition) is 7. The smallest absolute Gasteiger partial charge is 0.316 e. The zero-order chi connectivity index (χ0) is 19.9. The number of methoxy groups -OCH3 is 1. The summed E-state index contributed by atoms with van der Waals surface area (Å²) >= 11 is 0. The van der Waals surface area contributed by atoms with Crippen LogP contribution >= 0.6 is 0 Å². The predicted molar refractivity (Wildman–Crippen MR) is 94.0 cm³/mol. The molecule has 0 unspecified atom stereocenters. The van der Waals surface area contributed by atoms with Crippen molar-refractivity contribution in [1.29, 1.82) is 0 Å². The van der Waals surface area contributed by atoms with E-state index in [-0.39, 0.29) is 24.0 Å². The fraction of sp³-hybridized carbons (Fsp3) is 0.294. The summed E-state index contributed by atoms with van der Waals surface area (Å²) in [5, 5.41) is 3.50. The number of nitrogens with two attached hydrogens (primary N) is 1. The Morgan fingerprint density at radius 1 is 1.30 bits per heavy atom. The van der Waals surface area contributed by atoms with Crippen LogP contribution in [0.3, 0.4) is 0 Å². The number of halogens is 3. The van der Waals surface area contributed by atoms with E-state index in [2.05, 4.69) is 20.1 Å². The molecule has 2 rings (SSSR count). The minimum atomic E-state index is -3.32. The first kappa shape index (κ1) is 20.3. The van der Waals surface area contributed by atoms with E-state index >= 15 is 0 Å². The quantitative estimate of drug-likeness (QED) is 0.431. The predicted octanol–water partition coefficient (Wildman–Crippen LogP) is 2.97.